The van der Waals surface area contributed by atoms with Crippen molar-refractivity contribution in [2.45, 2.75) is 78.1 Å². The van der Waals surface area contributed by atoms with Crippen LogP contribution in [0.5, 0.6) is 0 Å². The maximum absolute atomic E-state index is 14.1. The van der Waals surface area contributed by atoms with Crippen molar-refractivity contribution in [1.82, 2.24) is 18.8 Å². The normalized spacial score (nSPS) is 12.5. The zero-order chi connectivity index (χ0) is 31.7. The summed E-state index contributed by atoms with van der Waals surface area (Å²) in [6, 6.07) is 11.6. The minimum Gasteiger partial charge on any atom is -0.300 e. The van der Waals surface area contributed by atoms with Crippen molar-refractivity contribution in [3.63, 3.8) is 0 Å². The van der Waals surface area contributed by atoms with Crippen LogP contribution in [0.1, 0.15) is 75.0 Å². The van der Waals surface area contributed by atoms with E-state index in [1.165, 1.54) is 0 Å². The Kier molecular flexibility index (Phi) is 7.10. The van der Waals surface area contributed by atoms with Crippen LogP contribution in [-0.4, -0.2) is 30.3 Å². The Labute approximate surface area is 271 Å². The molecule has 6 heterocycles. The molecule has 6 aromatic heterocycles. The standard InChI is InChI=1S/C36H32N4O4S2/c1-3-7-19(41)9-5-11-21-17-27-35(45-21)39-31(37-27)23-13-14-24-30-26(16-15-25(29(23)30)33(39)43)34(44)40-32(24)38-28-18-22(46-36(28)40)12-6-10-20(42)8-4-2/h13-18H,3-12H2,1-2H3. The van der Waals surface area contributed by atoms with Gasteiger partial charge in [0.1, 0.15) is 43.6 Å². The molecule has 0 spiro atoms. The number of carbonyl (C=O) groups excluding carboxylic acids is 2. The number of rotatable bonds is 12. The van der Waals surface area contributed by atoms with E-state index in [0.717, 1.165) is 90.5 Å². The molecule has 0 amide bonds. The smallest absolute Gasteiger partial charge is 0.265 e. The first kappa shape index (κ1) is 29.1. The number of aromatic nitrogens is 4. The van der Waals surface area contributed by atoms with Gasteiger partial charge in [-0.3, -0.25) is 19.2 Å². The van der Waals surface area contributed by atoms with E-state index in [0.29, 0.717) is 59.3 Å². The topological polar surface area (TPSA) is 103 Å². The highest BCUT2D eigenvalue weighted by atomic mass is 32.1. The molecule has 0 bridgehead atoms. The quantitative estimate of drug-likeness (QED) is 0.125. The number of fused-ring (bicyclic) bond motifs is 8. The molecule has 0 unspecified atom stereocenters. The molecule has 0 saturated carbocycles. The Morgan fingerprint density at radius 1 is 0.630 bits per heavy atom. The van der Waals surface area contributed by atoms with Crippen LogP contribution >= 0.6 is 22.7 Å². The Balaban J connectivity index is 1.23. The number of thiophene rings is 2. The third-order valence-electron chi connectivity index (χ3n) is 9.10. The average Bonchev–Trinajstić information content (AvgIpc) is 3.78. The molecule has 46 heavy (non-hydrogen) atoms. The fourth-order valence-electron chi connectivity index (χ4n) is 7.02. The van der Waals surface area contributed by atoms with Crippen molar-refractivity contribution in [2.75, 3.05) is 0 Å². The zero-order valence-corrected chi connectivity index (χ0v) is 27.4. The number of hydrogen-bond donors (Lipinski definition) is 0. The van der Waals surface area contributed by atoms with Crippen LogP contribution in [0.2, 0.25) is 0 Å². The molecule has 2 aromatic carbocycles. The molecule has 0 fully saturated rings. The number of ketones is 2. The maximum atomic E-state index is 14.1. The van der Waals surface area contributed by atoms with Gasteiger partial charge in [0.25, 0.3) is 11.1 Å². The predicted octanol–water partition coefficient (Wildman–Crippen LogP) is 7.85. The van der Waals surface area contributed by atoms with Crippen molar-refractivity contribution >= 4 is 98.5 Å². The molecule has 0 saturated heterocycles. The number of Topliss-reactive ketones (excluding diaryl/α,β-unsaturated/α-hetero) is 2. The first-order chi connectivity index (χ1) is 22.4. The highest BCUT2D eigenvalue weighted by Gasteiger charge is 2.24. The Morgan fingerprint density at radius 2 is 1.04 bits per heavy atom. The highest BCUT2D eigenvalue weighted by Crippen LogP contribution is 2.38. The maximum Gasteiger partial charge on any atom is 0.265 e. The summed E-state index contributed by atoms with van der Waals surface area (Å²) in [4.78, 5) is 65.8. The van der Waals surface area contributed by atoms with Crippen LogP contribution in [0.3, 0.4) is 0 Å². The van der Waals surface area contributed by atoms with Gasteiger partial charge >= 0.3 is 0 Å². The van der Waals surface area contributed by atoms with Gasteiger partial charge in [-0.1, -0.05) is 13.8 Å². The molecule has 10 heteroatoms. The van der Waals surface area contributed by atoms with E-state index in [2.05, 4.69) is 0 Å². The number of carbonyl (C=O) groups is 2. The van der Waals surface area contributed by atoms with Gasteiger partial charge in [0.2, 0.25) is 0 Å². The summed E-state index contributed by atoms with van der Waals surface area (Å²) in [5.74, 6) is 0.597. The van der Waals surface area contributed by atoms with Crippen LogP contribution in [0.4, 0.5) is 0 Å². The van der Waals surface area contributed by atoms with Gasteiger partial charge in [-0.25, -0.2) is 18.8 Å². The number of pyridine rings is 2. The van der Waals surface area contributed by atoms with E-state index in [9.17, 15) is 19.2 Å². The number of benzene rings is 2. The van der Waals surface area contributed by atoms with Crippen LogP contribution in [0.15, 0.2) is 46.0 Å². The fraction of sp³-hybridized carbons (Fsp3) is 0.333. The number of imidazole rings is 2. The monoisotopic (exact) mass is 648 g/mol. The molecule has 0 atom stereocenters. The van der Waals surface area contributed by atoms with Crippen molar-refractivity contribution < 1.29 is 9.59 Å². The number of hydrogen-bond acceptors (Lipinski definition) is 8. The van der Waals surface area contributed by atoms with Crippen LogP contribution in [0.25, 0.3) is 64.3 Å². The van der Waals surface area contributed by atoms with Crippen molar-refractivity contribution in [3.05, 3.63) is 66.9 Å². The van der Waals surface area contributed by atoms with E-state index in [1.54, 1.807) is 43.6 Å². The summed E-state index contributed by atoms with van der Waals surface area (Å²) < 4.78 is 3.42. The first-order valence-corrected chi connectivity index (χ1v) is 17.8. The minimum absolute atomic E-state index is 0.148. The van der Waals surface area contributed by atoms with Gasteiger partial charge in [0.05, 0.1) is 0 Å². The summed E-state index contributed by atoms with van der Waals surface area (Å²) in [6.07, 6.45) is 7.30. The van der Waals surface area contributed by atoms with Gasteiger partial charge in [0.15, 0.2) is 0 Å². The number of nitrogens with zero attached hydrogens (tertiary/aromatic N) is 4. The average molecular weight is 649 g/mol. The second-order valence-electron chi connectivity index (χ2n) is 12.3. The second kappa shape index (κ2) is 11.2. The molecule has 0 N–H and O–H groups in total. The molecule has 8 rings (SSSR count). The third-order valence-corrected chi connectivity index (χ3v) is 11.4. The van der Waals surface area contributed by atoms with Gasteiger partial charge in [0, 0.05) is 67.8 Å². The molecule has 0 radical (unpaired) electrons. The Bertz CT molecular complexity index is 2430. The minimum atomic E-state index is -0.148. The molecular weight excluding hydrogens is 617 g/mol. The van der Waals surface area contributed by atoms with Gasteiger partial charge in [-0.15, -0.1) is 22.7 Å². The molecular formula is C36H32N4O4S2. The zero-order valence-electron chi connectivity index (χ0n) is 25.8. The van der Waals surface area contributed by atoms with Crippen molar-refractivity contribution in [1.29, 1.82) is 0 Å². The van der Waals surface area contributed by atoms with Crippen molar-refractivity contribution in [2.24, 2.45) is 0 Å². The summed E-state index contributed by atoms with van der Waals surface area (Å²) in [5, 5.41) is 4.28. The Hall–Kier alpha value is -4.28. The molecule has 8 nitrogen and oxygen atoms in total. The van der Waals surface area contributed by atoms with Gasteiger partial charge < -0.3 is 0 Å². The summed E-state index contributed by atoms with van der Waals surface area (Å²) in [6.45, 7) is 4.04. The van der Waals surface area contributed by atoms with Crippen molar-refractivity contribution in [3.8, 4) is 0 Å². The highest BCUT2D eigenvalue weighted by molar-refractivity contribution is 7.19. The Morgan fingerprint density at radius 3 is 1.46 bits per heavy atom. The molecule has 0 aliphatic rings. The summed E-state index contributed by atoms with van der Waals surface area (Å²) in [7, 11) is 0. The van der Waals surface area contributed by atoms with Gasteiger partial charge in [-0.05, 0) is 74.9 Å². The lowest BCUT2D eigenvalue weighted by Crippen LogP contribution is -2.16. The van der Waals surface area contributed by atoms with E-state index < -0.39 is 0 Å². The molecule has 0 aliphatic carbocycles. The van der Waals surface area contributed by atoms with E-state index in [-0.39, 0.29) is 11.1 Å². The molecule has 232 valence electrons. The first-order valence-electron chi connectivity index (χ1n) is 16.1. The van der Waals surface area contributed by atoms with E-state index >= 15 is 0 Å². The van der Waals surface area contributed by atoms with E-state index in [1.807, 2.05) is 38.1 Å². The second-order valence-corrected chi connectivity index (χ2v) is 14.5. The largest absolute Gasteiger partial charge is 0.300 e. The predicted molar refractivity (Wildman–Crippen MR) is 188 cm³/mol. The molecule has 8 aromatic rings. The summed E-state index contributed by atoms with van der Waals surface area (Å²) >= 11 is 3.13. The lowest BCUT2D eigenvalue weighted by atomic mass is 9.96. The lowest BCUT2D eigenvalue weighted by molar-refractivity contribution is -0.120. The van der Waals surface area contributed by atoms with Gasteiger partial charge in [-0.2, -0.15) is 0 Å². The van der Waals surface area contributed by atoms with Crippen LogP contribution < -0.4 is 11.1 Å². The summed E-state index contributed by atoms with van der Waals surface area (Å²) in [5.41, 5.74) is 2.44. The van der Waals surface area contributed by atoms with E-state index in [4.69, 9.17) is 9.97 Å². The molecule has 0 aliphatic heterocycles. The fourth-order valence-corrected chi connectivity index (χ4v) is 9.29. The number of aryl methyl sites for hydroxylation is 2. The SMILES string of the molecule is CCCC(=O)CCCc1cc2nc3c4ccc5c6c(ccc(c(=O)n3c2s1)c46)c(=O)n1c5nc2cc(CCCC(=O)CCC)sc21. The van der Waals surface area contributed by atoms with Crippen LogP contribution in [-0.2, 0) is 22.4 Å². The lowest BCUT2D eigenvalue weighted by Gasteiger charge is -2.11. The third kappa shape index (κ3) is 4.45. The van der Waals surface area contributed by atoms with Crippen LogP contribution in [0, 0.1) is 0 Å².